The molecule has 0 saturated carbocycles. The van der Waals surface area contributed by atoms with Crippen LogP contribution in [0.1, 0.15) is 13.3 Å². The van der Waals surface area contributed by atoms with Crippen molar-refractivity contribution in [2.24, 2.45) is 0 Å². The smallest absolute Gasteiger partial charge is 0.317 e. The zero-order valence-corrected chi connectivity index (χ0v) is 7.67. The summed E-state index contributed by atoms with van der Waals surface area (Å²) in [7, 11) is 1.65. The summed E-state index contributed by atoms with van der Waals surface area (Å²) in [5.74, 6) is 0. The van der Waals surface area contributed by atoms with Gasteiger partial charge in [0.1, 0.15) is 0 Å². The number of urea groups is 1. The van der Waals surface area contributed by atoms with Gasteiger partial charge in [-0.25, -0.2) is 4.79 Å². The average Bonchev–Trinajstić information content (AvgIpc) is 2.05. The van der Waals surface area contributed by atoms with Gasteiger partial charge in [0.2, 0.25) is 0 Å². The molecule has 1 fully saturated rings. The molecule has 0 aromatic carbocycles. The topological polar surface area (TPSA) is 41.6 Å². The van der Waals surface area contributed by atoms with Gasteiger partial charge in [0, 0.05) is 20.2 Å². The molecule has 70 valence electrons. The Bertz CT molecular complexity index is 161. The summed E-state index contributed by atoms with van der Waals surface area (Å²) in [6.07, 6.45) is 1.03. The molecule has 1 atom stereocenters. The van der Waals surface area contributed by atoms with Crippen molar-refractivity contribution in [3.63, 3.8) is 0 Å². The molecule has 0 aromatic rings. The van der Waals surface area contributed by atoms with Gasteiger partial charge in [-0.2, -0.15) is 0 Å². The molecule has 1 unspecified atom stereocenters. The Morgan fingerprint density at radius 3 is 3.08 bits per heavy atom. The number of hydrogen-bond donors (Lipinski definition) is 1. The van der Waals surface area contributed by atoms with E-state index >= 15 is 0 Å². The zero-order valence-electron chi connectivity index (χ0n) is 7.67. The van der Waals surface area contributed by atoms with E-state index in [1.54, 1.807) is 7.11 Å². The van der Waals surface area contributed by atoms with Crippen LogP contribution in [0.15, 0.2) is 0 Å². The summed E-state index contributed by atoms with van der Waals surface area (Å²) < 4.78 is 4.98. The molecule has 4 heteroatoms. The first kappa shape index (κ1) is 9.32. The monoisotopic (exact) mass is 172 g/mol. The van der Waals surface area contributed by atoms with Gasteiger partial charge in [-0.3, -0.25) is 0 Å². The second-order valence-electron chi connectivity index (χ2n) is 3.08. The van der Waals surface area contributed by atoms with Crippen molar-refractivity contribution < 1.29 is 9.53 Å². The highest BCUT2D eigenvalue weighted by Crippen LogP contribution is 2.05. The molecular weight excluding hydrogens is 156 g/mol. The van der Waals surface area contributed by atoms with E-state index in [0.717, 1.165) is 19.5 Å². The molecule has 4 nitrogen and oxygen atoms in total. The van der Waals surface area contributed by atoms with Crippen molar-refractivity contribution in [2.45, 2.75) is 19.4 Å². The molecule has 12 heavy (non-hydrogen) atoms. The van der Waals surface area contributed by atoms with E-state index in [0.29, 0.717) is 6.61 Å². The predicted molar refractivity (Wildman–Crippen MR) is 46.1 cm³/mol. The van der Waals surface area contributed by atoms with Crippen molar-refractivity contribution >= 4 is 6.03 Å². The summed E-state index contributed by atoms with van der Waals surface area (Å²) in [6.45, 7) is 4.24. The molecule has 0 aliphatic carbocycles. The van der Waals surface area contributed by atoms with Crippen LogP contribution in [0.3, 0.4) is 0 Å². The number of amides is 2. The van der Waals surface area contributed by atoms with Crippen molar-refractivity contribution in [1.29, 1.82) is 0 Å². The summed E-state index contributed by atoms with van der Waals surface area (Å²) >= 11 is 0. The van der Waals surface area contributed by atoms with E-state index in [1.165, 1.54) is 0 Å². The largest absolute Gasteiger partial charge is 0.383 e. The molecule has 1 rings (SSSR count). The van der Waals surface area contributed by atoms with Crippen LogP contribution in [0.5, 0.6) is 0 Å². The maximum absolute atomic E-state index is 11.3. The molecule has 1 aliphatic rings. The maximum atomic E-state index is 11.3. The Morgan fingerprint density at radius 1 is 1.75 bits per heavy atom. The Kier molecular flexibility index (Phi) is 3.34. The molecule has 2 amide bonds. The fraction of sp³-hybridized carbons (Fsp3) is 0.875. The van der Waals surface area contributed by atoms with E-state index in [-0.39, 0.29) is 12.1 Å². The quantitative estimate of drug-likeness (QED) is 0.671. The van der Waals surface area contributed by atoms with E-state index in [1.807, 2.05) is 11.8 Å². The first-order chi connectivity index (χ1) is 5.75. The molecule has 0 radical (unpaired) electrons. The zero-order chi connectivity index (χ0) is 8.97. The van der Waals surface area contributed by atoms with Crippen molar-refractivity contribution in [2.75, 3.05) is 26.8 Å². The van der Waals surface area contributed by atoms with E-state index in [4.69, 9.17) is 4.74 Å². The summed E-state index contributed by atoms with van der Waals surface area (Å²) in [4.78, 5) is 13.1. The van der Waals surface area contributed by atoms with E-state index in [2.05, 4.69) is 5.32 Å². The third kappa shape index (κ3) is 2.11. The van der Waals surface area contributed by atoms with Gasteiger partial charge >= 0.3 is 6.03 Å². The standard InChI is InChI=1S/C8H16N2O2/c1-7(6-12-2)10-5-3-4-9-8(10)11/h7H,3-6H2,1-2H3,(H,9,11). The van der Waals surface area contributed by atoms with Crippen LogP contribution in [-0.4, -0.2) is 43.8 Å². The summed E-state index contributed by atoms with van der Waals surface area (Å²) in [6, 6.07) is 0.209. The number of carbonyl (C=O) groups is 1. The van der Waals surface area contributed by atoms with Crippen LogP contribution in [0, 0.1) is 0 Å². The Balaban J connectivity index is 2.42. The molecule has 0 spiro atoms. The van der Waals surface area contributed by atoms with E-state index < -0.39 is 0 Å². The first-order valence-corrected chi connectivity index (χ1v) is 4.29. The summed E-state index contributed by atoms with van der Waals surface area (Å²) in [5, 5.41) is 2.80. The Hall–Kier alpha value is -0.770. The first-order valence-electron chi connectivity index (χ1n) is 4.29. The van der Waals surface area contributed by atoms with Crippen molar-refractivity contribution in [1.82, 2.24) is 10.2 Å². The number of ether oxygens (including phenoxy) is 1. The molecule has 1 saturated heterocycles. The number of carbonyl (C=O) groups excluding carboxylic acids is 1. The third-order valence-electron chi connectivity index (χ3n) is 2.05. The highest BCUT2D eigenvalue weighted by Gasteiger charge is 2.22. The minimum absolute atomic E-state index is 0.0331. The second-order valence-corrected chi connectivity index (χ2v) is 3.08. The number of rotatable bonds is 3. The van der Waals surface area contributed by atoms with Gasteiger partial charge < -0.3 is 15.0 Å². The predicted octanol–water partition coefficient (Wildman–Crippen LogP) is 0.437. The molecule has 0 aromatic heterocycles. The normalized spacial score (nSPS) is 20.5. The number of nitrogens with zero attached hydrogens (tertiary/aromatic N) is 1. The maximum Gasteiger partial charge on any atom is 0.317 e. The molecule has 1 aliphatic heterocycles. The molecule has 1 heterocycles. The van der Waals surface area contributed by atoms with Gasteiger partial charge in [0.05, 0.1) is 12.6 Å². The lowest BCUT2D eigenvalue weighted by atomic mass is 10.2. The lowest BCUT2D eigenvalue weighted by Gasteiger charge is -2.32. The third-order valence-corrected chi connectivity index (χ3v) is 2.05. The van der Waals surface area contributed by atoms with Crippen LogP contribution in [0.4, 0.5) is 4.79 Å². The minimum atomic E-state index is 0.0331. The Morgan fingerprint density at radius 2 is 2.50 bits per heavy atom. The fourth-order valence-corrected chi connectivity index (χ4v) is 1.40. The van der Waals surface area contributed by atoms with Gasteiger partial charge in [0.25, 0.3) is 0 Å². The number of hydrogen-bond acceptors (Lipinski definition) is 2. The van der Waals surface area contributed by atoms with Crippen molar-refractivity contribution in [3.05, 3.63) is 0 Å². The van der Waals surface area contributed by atoms with Crippen LogP contribution in [0.25, 0.3) is 0 Å². The second kappa shape index (κ2) is 4.30. The average molecular weight is 172 g/mol. The minimum Gasteiger partial charge on any atom is -0.383 e. The fourth-order valence-electron chi connectivity index (χ4n) is 1.40. The van der Waals surface area contributed by atoms with Gasteiger partial charge in [-0.05, 0) is 13.3 Å². The highest BCUT2D eigenvalue weighted by atomic mass is 16.5. The van der Waals surface area contributed by atoms with E-state index in [9.17, 15) is 4.79 Å². The van der Waals surface area contributed by atoms with Crippen molar-refractivity contribution in [3.8, 4) is 0 Å². The van der Waals surface area contributed by atoms with Crippen LogP contribution >= 0.6 is 0 Å². The van der Waals surface area contributed by atoms with Gasteiger partial charge in [-0.1, -0.05) is 0 Å². The van der Waals surface area contributed by atoms with Gasteiger partial charge in [0.15, 0.2) is 0 Å². The lowest BCUT2D eigenvalue weighted by molar-refractivity contribution is 0.104. The molecular formula is C8H16N2O2. The Labute approximate surface area is 72.9 Å². The van der Waals surface area contributed by atoms with Gasteiger partial charge in [-0.15, -0.1) is 0 Å². The number of methoxy groups -OCH3 is 1. The highest BCUT2D eigenvalue weighted by molar-refractivity contribution is 5.75. The lowest BCUT2D eigenvalue weighted by Crippen LogP contribution is -2.51. The van der Waals surface area contributed by atoms with Crippen LogP contribution in [-0.2, 0) is 4.74 Å². The molecule has 0 bridgehead atoms. The molecule has 1 N–H and O–H groups in total. The summed E-state index contributed by atoms with van der Waals surface area (Å²) in [5.41, 5.74) is 0. The SMILES string of the molecule is COCC(C)N1CCCNC1=O. The number of nitrogens with one attached hydrogen (secondary N) is 1. The van der Waals surface area contributed by atoms with Crippen LogP contribution < -0.4 is 5.32 Å². The van der Waals surface area contributed by atoms with Crippen LogP contribution in [0.2, 0.25) is 0 Å².